The van der Waals surface area contributed by atoms with E-state index in [0.29, 0.717) is 36.8 Å². The Balaban J connectivity index is 0.00000280. The summed E-state index contributed by atoms with van der Waals surface area (Å²) in [5.41, 5.74) is 3.35. The van der Waals surface area contributed by atoms with Crippen molar-refractivity contribution in [3.63, 3.8) is 0 Å². The molecule has 0 amide bonds. The summed E-state index contributed by atoms with van der Waals surface area (Å²) in [6, 6.07) is 18.3. The van der Waals surface area contributed by atoms with Crippen LogP contribution < -0.4 is 10.6 Å². The summed E-state index contributed by atoms with van der Waals surface area (Å²) in [7, 11) is -2.83. The van der Waals surface area contributed by atoms with E-state index in [9.17, 15) is 8.42 Å². The minimum absolute atomic E-state index is 0. The molecule has 0 unspecified atom stereocenters. The molecule has 0 saturated carbocycles. The maximum absolute atomic E-state index is 11.6. The van der Waals surface area contributed by atoms with Crippen LogP contribution in [0.3, 0.4) is 0 Å². The molecule has 1 heterocycles. The lowest BCUT2D eigenvalue weighted by Gasteiger charge is -2.23. The molecule has 0 spiro atoms. The summed E-state index contributed by atoms with van der Waals surface area (Å²) < 4.78 is 23.2. The molecule has 7 heteroatoms. The molecular weight excluding hydrogens is 485 g/mol. The van der Waals surface area contributed by atoms with Crippen LogP contribution in [0.1, 0.15) is 24.0 Å². The minimum atomic E-state index is -2.83. The lowest BCUT2D eigenvalue weighted by Crippen LogP contribution is -2.37. The Morgan fingerprint density at radius 1 is 1.04 bits per heavy atom. The summed E-state index contributed by atoms with van der Waals surface area (Å²) in [4.78, 5) is 4.71. The van der Waals surface area contributed by atoms with E-state index in [-0.39, 0.29) is 24.0 Å². The van der Waals surface area contributed by atoms with Gasteiger partial charge in [0.1, 0.15) is 9.84 Å². The predicted octanol–water partition coefficient (Wildman–Crippen LogP) is 4.00. The van der Waals surface area contributed by atoms with Crippen LogP contribution in [-0.2, 0) is 16.4 Å². The average Bonchev–Trinajstić information content (AvgIpc) is 2.67. The number of hydrogen-bond acceptors (Lipinski definition) is 3. The van der Waals surface area contributed by atoms with Crippen LogP contribution in [0.5, 0.6) is 0 Å². The summed E-state index contributed by atoms with van der Waals surface area (Å²) in [5.74, 6) is 1.66. The van der Waals surface area contributed by atoms with Gasteiger partial charge in [-0.15, -0.1) is 24.0 Å². The van der Waals surface area contributed by atoms with Crippen LogP contribution in [0.15, 0.2) is 59.6 Å². The molecule has 1 aliphatic rings. The molecule has 1 fully saturated rings. The zero-order chi connectivity index (χ0) is 19.1. The molecular formula is C21H28IN3O2S. The second kappa shape index (κ2) is 10.8. The van der Waals surface area contributed by atoms with Crippen molar-refractivity contribution in [2.45, 2.75) is 26.3 Å². The van der Waals surface area contributed by atoms with Crippen molar-refractivity contribution in [2.24, 2.45) is 10.9 Å². The molecule has 0 radical (unpaired) electrons. The molecule has 5 nitrogen and oxygen atoms in total. The van der Waals surface area contributed by atoms with Crippen molar-refractivity contribution in [1.29, 1.82) is 0 Å². The van der Waals surface area contributed by atoms with Gasteiger partial charge in [0.15, 0.2) is 5.96 Å². The average molecular weight is 513 g/mol. The number of benzene rings is 2. The lowest BCUT2D eigenvalue weighted by molar-refractivity contribution is 0.459. The Kier molecular flexibility index (Phi) is 8.75. The van der Waals surface area contributed by atoms with E-state index in [4.69, 9.17) is 4.99 Å². The smallest absolute Gasteiger partial charge is 0.196 e. The third-order valence-electron chi connectivity index (χ3n) is 4.81. The van der Waals surface area contributed by atoms with Crippen molar-refractivity contribution in [3.05, 3.63) is 65.7 Å². The fourth-order valence-corrected chi connectivity index (χ4v) is 4.63. The Morgan fingerprint density at radius 3 is 2.32 bits per heavy atom. The molecule has 0 aromatic heterocycles. The molecule has 28 heavy (non-hydrogen) atoms. The topological polar surface area (TPSA) is 70.6 Å². The highest BCUT2D eigenvalue weighted by Crippen LogP contribution is 2.18. The van der Waals surface area contributed by atoms with Gasteiger partial charge in [-0.2, -0.15) is 0 Å². The molecule has 0 atom stereocenters. The Bertz CT molecular complexity index is 854. The van der Waals surface area contributed by atoms with Crippen LogP contribution >= 0.6 is 24.0 Å². The largest absolute Gasteiger partial charge is 0.356 e. The van der Waals surface area contributed by atoms with Crippen molar-refractivity contribution in [2.75, 3.05) is 23.4 Å². The van der Waals surface area contributed by atoms with E-state index in [2.05, 4.69) is 41.8 Å². The highest BCUT2D eigenvalue weighted by atomic mass is 127. The van der Waals surface area contributed by atoms with Crippen molar-refractivity contribution < 1.29 is 8.42 Å². The molecule has 1 aliphatic heterocycles. The molecule has 3 rings (SSSR count). The van der Waals surface area contributed by atoms with Crippen molar-refractivity contribution in [3.8, 4) is 0 Å². The van der Waals surface area contributed by atoms with Gasteiger partial charge in [0.05, 0.1) is 18.1 Å². The van der Waals surface area contributed by atoms with Gasteiger partial charge in [-0.05, 0) is 43.4 Å². The van der Waals surface area contributed by atoms with E-state index in [1.165, 1.54) is 5.56 Å². The number of guanidine groups is 1. The summed E-state index contributed by atoms with van der Waals surface area (Å²) in [6.07, 6.45) is 1.43. The number of sulfone groups is 1. The minimum Gasteiger partial charge on any atom is -0.356 e. The normalized spacial score (nSPS) is 16.8. The third kappa shape index (κ3) is 7.43. The van der Waals surface area contributed by atoms with Crippen molar-refractivity contribution >= 4 is 45.5 Å². The molecule has 2 aromatic carbocycles. The number of para-hydroxylation sites is 1. The first-order valence-electron chi connectivity index (χ1n) is 9.36. The Morgan fingerprint density at radius 2 is 1.68 bits per heavy atom. The van der Waals surface area contributed by atoms with E-state index >= 15 is 0 Å². The molecule has 2 N–H and O–H groups in total. The van der Waals surface area contributed by atoms with Gasteiger partial charge < -0.3 is 10.6 Å². The first-order chi connectivity index (χ1) is 13.0. The molecule has 1 saturated heterocycles. The first-order valence-corrected chi connectivity index (χ1v) is 11.2. The van der Waals surface area contributed by atoms with E-state index in [1.807, 2.05) is 30.3 Å². The van der Waals surface area contributed by atoms with E-state index in [1.54, 1.807) is 0 Å². The van der Waals surface area contributed by atoms with Gasteiger partial charge in [0.25, 0.3) is 0 Å². The van der Waals surface area contributed by atoms with Crippen molar-refractivity contribution in [1.82, 2.24) is 5.32 Å². The van der Waals surface area contributed by atoms with Gasteiger partial charge in [-0.3, -0.25) is 0 Å². The van der Waals surface area contributed by atoms with Gasteiger partial charge in [-0.1, -0.05) is 48.0 Å². The number of nitrogens with zero attached hydrogens (tertiary/aromatic N) is 1. The van der Waals surface area contributed by atoms with Crippen LogP contribution in [-0.4, -0.2) is 32.4 Å². The fraction of sp³-hybridized carbons (Fsp3) is 0.381. The molecule has 2 aromatic rings. The van der Waals surface area contributed by atoms with Gasteiger partial charge in [-0.25, -0.2) is 13.4 Å². The number of nitrogens with one attached hydrogen (secondary N) is 2. The highest BCUT2D eigenvalue weighted by Gasteiger charge is 2.23. The fourth-order valence-electron chi connectivity index (χ4n) is 3.05. The number of aliphatic imine (C=N–C) groups is 1. The van der Waals surface area contributed by atoms with Crippen LogP contribution in [0.2, 0.25) is 0 Å². The van der Waals surface area contributed by atoms with Crippen LogP contribution in [0.25, 0.3) is 0 Å². The Hall–Kier alpha value is -1.61. The number of hydrogen-bond donors (Lipinski definition) is 2. The summed E-state index contributed by atoms with van der Waals surface area (Å²) in [5, 5.41) is 6.73. The van der Waals surface area contributed by atoms with Crippen LogP contribution in [0, 0.1) is 12.8 Å². The predicted molar refractivity (Wildman–Crippen MR) is 127 cm³/mol. The lowest BCUT2D eigenvalue weighted by atomic mass is 10.0. The van der Waals surface area contributed by atoms with E-state index in [0.717, 1.165) is 23.8 Å². The number of anilines is 1. The number of halogens is 1. The molecule has 0 aliphatic carbocycles. The van der Waals surface area contributed by atoms with Gasteiger partial charge >= 0.3 is 0 Å². The first kappa shape index (κ1) is 22.7. The molecule has 0 bridgehead atoms. The SMILES string of the molecule is Cc1ccc(CN=C(NCC2CCS(=O)(=O)CC2)Nc2ccccc2)cc1.I. The molecule has 152 valence electrons. The standard InChI is InChI=1S/C21H27N3O2S.HI/c1-17-7-9-18(10-8-17)15-22-21(24-20-5-3-2-4-6-20)23-16-19-11-13-27(25,26)14-12-19;/h2-10,19H,11-16H2,1H3,(H2,22,23,24);1H. The van der Waals surface area contributed by atoms with Gasteiger partial charge in [0, 0.05) is 12.2 Å². The number of aryl methyl sites for hydroxylation is 1. The number of rotatable bonds is 5. The maximum Gasteiger partial charge on any atom is 0.196 e. The second-order valence-electron chi connectivity index (χ2n) is 7.12. The van der Waals surface area contributed by atoms with Gasteiger partial charge in [0.2, 0.25) is 0 Å². The summed E-state index contributed by atoms with van der Waals surface area (Å²) in [6.45, 7) is 3.38. The zero-order valence-corrected chi connectivity index (χ0v) is 19.2. The Labute approximate surface area is 185 Å². The zero-order valence-electron chi connectivity index (χ0n) is 16.1. The quantitative estimate of drug-likeness (QED) is 0.361. The third-order valence-corrected chi connectivity index (χ3v) is 6.52. The van der Waals surface area contributed by atoms with E-state index < -0.39 is 9.84 Å². The second-order valence-corrected chi connectivity index (χ2v) is 9.42. The van der Waals surface area contributed by atoms with Crippen LogP contribution in [0.4, 0.5) is 5.69 Å². The summed E-state index contributed by atoms with van der Waals surface area (Å²) >= 11 is 0. The highest BCUT2D eigenvalue weighted by molar-refractivity contribution is 14.0. The monoisotopic (exact) mass is 513 g/mol. The maximum atomic E-state index is 11.6.